The first-order valence-corrected chi connectivity index (χ1v) is 25.0. The van der Waals surface area contributed by atoms with E-state index in [0.717, 1.165) is 29.0 Å². The van der Waals surface area contributed by atoms with E-state index < -0.39 is 133 Å². The number of amides is 2. The number of thioether (sulfide) groups is 1. The van der Waals surface area contributed by atoms with Crippen molar-refractivity contribution in [2.24, 2.45) is 11.1 Å². The molecule has 2 fully saturated rings. The molecule has 2 aliphatic heterocycles. The predicted molar refractivity (Wildman–Crippen MR) is 219 cm³/mol. The zero-order valence-corrected chi connectivity index (χ0v) is 38.6. The van der Waals surface area contributed by atoms with E-state index in [1.807, 2.05) is 0 Å². The SMILES string of the molecule is CC(C)(COP(=O)(O)OP(=O)(O)OCC1OC(n2cnc3c(N)ncnc32)C(O)C1OP(=O)(O)O)C(O)C(=O)NCCC(=O)NCCSC(=O)C(N)CCC(O)OC1OC(CO)C(O)C1(O)F. The molecule has 2 saturated heterocycles. The number of phosphoric ester groups is 3. The molecule has 0 spiro atoms. The Morgan fingerprint density at radius 1 is 1.01 bits per heavy atom. The van der Waals surface area contributed by atoms with E-state index in [1.54, 1.807) is 0 Å². The second kappa shape index (κ2) is 23.4. The molecule has 0 aliphatic carbocycles. The number of nitrogens with zero attached hydrogens (tertiary/aromatic N) is 4. The molecule has 31 nitrogen and oxygen atoms in total. The fourth-order valence-corrected chi connectivity index (χ4v) is 9.60. The molecule has 4 heterocycles. The molecule has 36 heteroatoms. The van der Waals surface area contributed by atoms with Crippen LogP contribution in [0.5, 0.6) is 0 Å². The van der Waals surface area contributed by atoms with Crippen molar-refractivity contribution >= 4 is 69.1 Å². The van der Waals surface area contributed by atoms with Gasteiger partial charge in [-0.1, -0.05) is 25.6 Å². The number of nitrogens with one attached hydrogen (secondary N) is 2. The Bertz CT molecular complexity index is 2180. The highest BCUT2D eigenvalue weighted by Crippen LogP contribution is 2.61. The van der Waals surface area contributed by atoms with Gasteiger partial charge in [0, 0.05) is 37.1 Å². The molecule has 0 bridgehead atoms. The quantitative estimate of drug-likeness (QED) is 0.0242. The van der Waals surface area contributed by atoms with E-state index in [0.29, 0.717) is 0 Å². The molecule has 67 heavy (non-hydrogen) atoms. The van der Waals surface area contributed by atoms with Crippen molar-refractivity contribution in [3.63, 3.8) is 0 Å². The Morgan fingerprint density at radius 3 is 2.33 bits per heavy atom. The number of ether oxygens (including phenoxy) is 3. The summed E-state index contributed by atoms with van der Waals surface area (Å²) >= 11 is 0.733. The molecule has 13 atom stereocenters. The smallest absolute Gasteiger partial charge is 0.394 e. The number of carbonyl (C=O) groups is 3. The van der Waals surface area contributed by atoms with Gasteiger partial charge < -0.3 is 86.5 Å². The summed E-state index contributed by atoms with van der Waals surface area (Å²) in [6.07, 6.45) is -15.4. The number of carbonyl (C=O) groups excluding carboxylic acids is 3. The number of phosphoric acid groups is 3. The average molecular weight is 1050 g/mol. The van der Waals surface area contributed by atoms with E-state index >= 15 is 0 Å². The number of alkyl halides is 1. The van der Waals surface area contributed by atoms with Crippen LogP contribution < -0.4 is 22.1 Å². The standard InChI is InChI=1S/C31H52FN8O23P3S/c1-30(2,23(46)26(47)36-6-5-17(42)35-7-8-67-28(48)14(33)3-4-18(43)61-29-31(32,49)22(45)15(9-41)60-29)11-58-66(55,56)63-65(53,54)57-10-16-21(62-64(50,51)52)20(44)27(59-16)40-13-39-19-24(34)37-12-38-25(19)40/h12-16,18,20-23,27,29,41,43-46,49H,3-11,33H2,1-2H3,(H,35,42)(H,36,47)(H,53,54)(H,55,56)(H2,34,37,38)(H2,50,51,52). The summed E-state index contributed by atoms with van der Waals surface area (Å²) < 4.78 is 86.1. The van der Waals surface area contributed by atoms with Gasteiger partial charge in [0.15, 0.2) is 24.0 Å². The number of halogens is 1. The minimum absolute atomic E-state index is 0.00372. The molecule has 16 N–H and O–H groups in total. The van der Waals surface area contributed by atoms with E-state index in [-0.39, 0.29) is 55.1 Å². The summed E-state index contributed by atoms with van der Waals surface area (Å²) in [5.74, 6) is -5.10. The van der Waals surface area contributed by atoms with Crippen LogP contribution in [0.25, 0.3) is 11.2 Å². The molecule has 2 amide bonds. The van der Waals surface area contributed by atoms with Gasteiger partial charge in [0.1, 0.15) is 48.5 Å². The number of hydrogen-bond acceptors (Lipinski definition) is 25. The van der Waals surface area contributed by atoms with Gasteiger partial charge in [-0.3, -0.25) is 32.5 Å². The number of fused-ring (bicyclic) bond motifs is 1. The van der Waals surface area contributed by atoms with Gasteiger partial charge in [-0.25, -0.2) is 33.0 Å². The first kappa shape index (κ1) is 56.8. The first-order chi connectivity index (χ1) is 31.0. The minimum atomic E-state index is -5.63. The van der Waals surface area contributed by atoms with Crippen LogP contribution in [0, 0.1) is 5.41 Å². The number of nitrogen functional groups attached to an aromatic ring is 1. The Labute approximate surface area is 382 Å². The summed E-state index contributed by atoms with van der Waals surface area (Å²) in [5, 5.41) is 64.1. The second-order valence-corrected chi connectivity index (χ2v) is 20.7. The Kier molecular flexibility index (Phi) is 19.8. The van der Waals surface area contributed by atoms with Gasteiger partial charge in [0.2, 0.25) is 23.2 Å². The van der Waals surface area contributed by atoms with Crippen LogP contribution in [0.4, 0.5) is 10.2 Å². The van der Waals surface area contributed by atoms with Gasteiger partial charge in [0.25, 0.3) is 5.85 Å². The summed E-state index contributed by atoms with van der Waals surface area (Å²) in [6, 6.07) is -1.14. The Hall–Kier alpha value is -2.79. The Balaban J connectivity index is 1.15. The van der Waals surface area contributed by atoms with Gasteiger partial charge >= 0.3 is 23.5 Å². The zero-order valence-electron chi connectivity index (χ0n) is 35.1. The molecule has 0 aromatic carbocycles. The topological polar surface area (TPSA) is 489 Å². The van der Waals surface area contributed by atoms with Crippen LogP contribution in [0.1, 0.15) is 39.3 Å². The van der Waals surface area contributed by atoms with Crippen LogP contribution in [-0.4, -0.2) is 186 Å². The number of aliphatic hydroxyl groups is 6. The Morgan fingerprint density at radius 2 is 1.69 bits per heavy atom. The van der Waals surface area contributed by atoms with E-state index in [9.17, 15) is 77.6 Å². The lowest BCUT2D eigenvalue weighted by Crippen LogP contribution is -2.46. The maximum atomic E-state index is 14.3. The number of rotatable bonds is 26. The molecule has 4 rings (SSSR count). The number of aromatic nitrogens is 4. The van der Waals surface area contributed by atoms with E-state index in [1.165, 1.54) is 13.8 Å². The summed E-state index contributed by atoms with van der Waals surface area (Å²) in [5.41, 5.74) is 9.94. The number of nitrogens with two attached hydrogens (primary N) is 2. The molecule has 2 aromatic heterocycles. The maximum absolute atomic E-state index is 14.3. The number of anilines is 1. The lowest BCUT2D eigenvalue weighted by atomic mass is 9.87. The van der Waals surface area contributed by atoms with Gasteiger partial charge in [0.05, 0.1) is 32.2 Å². The average Bonchev–Trinajstić information content (AvgIpc) is 3.86. The van der Waals surface area contributed by atoms with Crippen LogP contribution in [-0.2, 0) is 60.2 Å². The fraction of sp³-hybridized carbons (Fsp3) is 0.742. The number of aliphatic hydroxyl groups excluding tert-OH is 5. The van der Waals surface area contributed by atoms with Crippen LogP contribution in [0.15, 0.2) is 12.7 Å². The normalized spacial score (nSPS) is 27.8. The molecular weight excluding hydrogens is 996 g/mol. The molecule has 13 unspecified atom stereocenters. The molecule has 0 saturated carbocycles. The van der Waals surface area contributed by atoms with Gasteiger partial charge in [-0.2, -0.15) is 4.31 Å². The zero-order chi connectivity index (χ0) is 50.3. The first-order valence-electron chi connectivity index (χ1n) is 19.5. The van der Waals surface area contributed by atoms with Crippen molar-refractivity contribution in [1.82, 2.24) is 30.2 Å². The number of imidazole rings is 1. The van der Waals surface area contributed by atoms with Crippen molar-refractivity contribution in [3.8, 4) is 0 Å². The molecule has 2 aromatic rings. The predicted octanol–water partition coefficient (Wildman–Crippen LogP) is -4.16. The van der Waals surface area contributed by atoms with Crippen LogP contribution in [0.2, 0.25) is 0 Å². The highest BCUT2D eigenvalue weighted by molar-refractivity contribution is 8.13. The van der Waals surface area contributed by atoms with Gasteiger partial charge in [-0.15, -0.1) is 0 Å². The molecule has 382 valence electrons. The summed E-state index contributed by atoms with van der Waals surface area (Å²) in [6.45, 7) is -0.931. The molecule has 0 radical (unpaired) electrons. The highest BCUT2D eigenvalue weighted by atomic mass is 32.2. The van der Waals surface area contributed by atoms with Crippen molar-refractivity contribution < 1.29 is 115 Å². The third-order valence-electron chi connectivity index (χ3n) is 9.63. The summed E-state index contributed by atoms with van der Waals surface area (Å²) in [4.78, 5) is 88.3. The number of hydrogen-bond donors (Lipinski definition) is 14. The third-order valence-corrected chi connectivity index (χ3v) is 13.7. The van der Waals surface area contributed by atoms with Crippen molar-refractivity contribution in [1.29, 1.82) is 0 Å². The summed E-state index contributed by atoms with van der Waals surface area (Å²) in [7, 11) is -16.6. The van der Waals surface area contributed by atoms with E-state index in [4.69, 9.17) is 39.8 Å². The largest absolute Gasteiger partial charge is 0.481 e. The van der Waals surface area contributed by atoms with Gasteiger partial charge in [-0.05, 0) is 6.42 Å². The van der Waals surface area contributed by atoms with Crippen molar-refractivity contribution in [2.75, 3.05) is 44.4 Å². The molecule has 2 aliphatic rings. The van der Waals surface area contributed by atoms with Crippen LogP contribution in [0.3, 0.4) is 0 Å². The lowest BCUT2D eigenvalue weighted by molar-refractivity contribution is -0.302. The fourth-order valence-electron chi connectivity index (χ4n) is 6.04. The van der Waals surface area contributed by atoms with Crippen molar-refractivity contribution in [3.05, 3.63) is 12.7 Å². The van der Waals surface area contributed by atoms with E-state index in [2.05, 4.69) is 34.4 Å². The monoisotopic (exact) mass is 1050 g/mol. The van der Waals surface area contributed by atoms with Crippen LogP contribution >= 0.6 is 35.2 Å². The molecular formula is C31H52FN8O23P3S. The maximum Gasteiger partial charge on any atom is 0.481 e. The third kappa shape index (κ3) is 15.9. The van der Waals surface area contributed by atoms with Crippen molar-refractivity contribution in [2.45, 2.75) is 100 Å². The minimum Gasteiger partial charge on any atom is -0.394 e. The lowest BCUT2D eigenvalue weighted by Gasteiger charge is -2.30. The second-order valence-electron chi connectivity index (χ2n) is 15.4. The highest BCUT2D eigenvalue weighted by Gasteiger charge is 2.58.